The van der Waals surface area contributed by atoms with Crippen molar-refractivity contribution in [3.63, 3.8) is 0 Å². The fraction of sp³-hybridized carbons (Fsp3) is 1.00. The van der Waals surface area contributed by atoms with Gasteiger partial charge in [-0.2, -0.15) is 0 Å². The molecule has 3 saturated heterocycles. The molecule has 4 rings (SSSR count). The van der Waals surface area contributed by atoms with Crippen LogP contribution in [0.2, 0.25) is 0 Å². The fourth-order valence-electron chi connectivity index (χ4n) is 5.85. The number of hydrogen-bond donors (Lipinski definition) is 2. The molecule has 4 fully saturated rings. The number of nitrogens with zero attached hydrogens (tertiary/aromatic N) is 1. The standard InChI is InChI=1S/C17H29NO3/c1-10(19)14-9-12-8-11-4-2-6-18-7-3-5-13(15(11)18)16(12)21-17(14)20/h10-17,19-20H,2-9H2,1H3. The molecule has 0 spiro atoms. The number of ether oxygens (including phenoxy) is 1. The van der Waals surface area contributed by atoms with E-state index in [0.29, 0.717) is 17.9 Å². The Hall–Kier alpha value is -0.160. The van der Waals surface area contributed by atoms with Gasteiger partial charge < -0.3 is 14.9 Å². The van der Waals surface area contributed by atoms with Gasteiger partial charge in [-0.3, -0.25) is 4.90 Å². The molecule has 4 aliphatic rings. The maximum atomic E-state index is 10.3. The first kappa shape index (κ1) is 14.4. The molecule has 120 valence electrons. The van der Waals surface area contributed by atoms with Gasteiger partial charge in [0, 0.05) is 17.9 Å². The molecule has 8 unspecified atom stereocenters. The lowest BCUT2D eigenvalue weighted by Gasteiger charge is -2.58. The van der Waals surface area contributed by atoms with E-state index in [1.807, 2.05) is 0 Å². The van der Waals surface area contributed by atoms with Crippen LogP contribution in [0.15, 0.2) is 0 Å². The SMILES string of the molecule is CC(O)C1CC2CC3CCCN4CCCC(C2OC1O)C34. The number of piperidine rings is 2. The van der Waals surface area contributed by atoms with Gasteiger partial charge in [-0.25, -0.2) is 0 Å². The minimum absolute atomic E-state index is 0.105. The van der Waals surface area contributed by atoms with Crippen molar-refractivity contribution < 1.29 is 14.9 Å². The average Bonchev–Trinajstić information content (AvgIpc) is 2.48. The molecular weight excluding hydrogens is 266 g/mol. The van der Waals surface area contributed by atoms with Crippen LogP contribution >= 0.6 is 0 Å². The van der Waals surface area contributed by atoms with Crippen molar-refractivity contribution >= 4 is 0 Å². The van der Waals surface area contributed by atoms with E-state index in [1.165, 1.54) is 45.2 Å². The smallest absolute Gasteiger partial charge is 0.160 e. The van der Waals surface area contributed by atoms with Gasteiger partial charge in [-0.05, 0) is 70.4 Å². The van der Waals surface area contributed by atoms with Gasteiger partial charge in [0.15, 0.2) is 6.29 Å². The van der Waals surface area contributed by atoms with Crippen LogP contribution in [-0.2, 0) is 4.74 Å². The molecule has 8 atom stereocenters. The van der Waals surface area contributed by atoms with Gasteiger partial charge in [-0.1, -0.05) is 0 Å². The first-order valence-corrected chi connectivity index (χ1v) is 8.91. The summed E-state index contributed by atoms with van der Waals surface area (Å²) in [4.78, 5) is 2.70. The molecule has 0 amide bonds. The highest BCUT2D eigenvalue weighted by Gasteiger charge is 2.53. The highest BCUT2D eigenvalue weighted by atomic mass is 16.6. The van der Waals surface area contributed by atoms with Crippen LogP contribution < -0.4 is 0 Å². The summed E-state index contributed by atoms with van der Waals surface area (Å²) in [5.41, 5.74) is 0. The van der Waals surface area contributed by atoms with Gasteiger partial charge in [0.2, 0.25) is 0 Å². The van der Waals surface area contributed by atoms with E-state index in [9.17, 15) is 10.2 Å². The van der Waals surface area contributed by atoms with E-state index >= 15 is 0 Å². The van der Waals surface area contributed by atoms with Crippen LogP contribution in [0.3, 0.4) is 0 Å². The van der Waals surface area contributed by atoms with Crippen LogP contribution in [0.4, 0.5) is 0 Å². The molecule has 3 aliphatic heterocycles. The molecule has 1 saturated carbocycles. The van der Waals surface area contributed by atoms with Crippen LogP contribution in [-0.4, -0.2) is 52.7 Å². The number of aliphatic hydroxyl groups is 2. The van der Waals surface area contributed by atoms with Crippen molar-refractivity contribution in [1.29, 1.82) is 0 Å². The summed E-state index contributed by atoms with van der Waals surface area (Å²) in [6, 6.07) is 0.698. The topological polar surface area (TPSA) is 52.9 Å². The molecule has 21 heavy (non-hydrogen) atoms. The molecule has 0 aromatic rings. The third-order valence-electron chi connectivity index (χ3n) is 6.70. The number of hydrogen-bond acceptors (Lipinski definition) is 4. The van der Waals surface area contributed by atoms with E-state index in [2.05, 4.69) is 4.90 Å². The summed E-state index contributed by atoms with van der Waals surface area (Å²) in [5.74, 6) is 1.86. The van der Waals surface area contributed by atoms with Crippen molar-refractivity contribution in [3.8, 4) is 0 Å². The minimum Gasteiger partial charge on any atom is -0.393 e. The second-order valence-corrected chi connectivity index (χ2v) is 7.86. The Kier molecular flexibility index (Phi) is 3.77. The lowest BCUT2D eigenvalue weighted by Crippen LogP contribution is -2.63. The number of rotatable bonds is 1. The van der Waals surface area contributed by atoms with E-state index in [0.717, 1.165) is 12.3 Å². The largest absolute Gasteiger partial charge is 0.393 e. The molecule has 3 heterocycles. The monoisotopic (exact) mass is 295 g/mol. The molecule has 0 bridgehead atoms. The predicted molar refractivity (Wildman–Crippen MR) is 79.6 cm³/mol. The van der Waals surface area contributed by atoms with Crippen LogP contribution in [0.25, 0.3) is 0 Å². The zero-order chi connectivity index (χ0) is 14.6. The van der Waals surface area contributed by atoms with E-state index in [-0.39, 0.29) is 12.0 Å². The third-order valence-corrected chi connectivity index (χ3v) is 6.70. The molecule has 0 aromatic carbocycles. The Morgan fingerprint density at radius 1 is 1.10 bits per heavy atom. The van der Waals surface area contributed by atoms with Gasteiger partial charge in [0.05, 0.1) is 12.2 Å². The second kappa shape index (κ2) is 5.48. The summed E-state index contributed by atoms with van der Waals surface area (Å²) in [6.45, 7) is 4.30. The van der Waals surface area contributed by atoms with Crippen molar-refractivity contribution in [2.24, 2.45) is 23.7 Å². The minimum atomic E-state index is -0.776. The molecule has 4 heteroatoms. The van der Waals surface area contributed by atoms with E-state index in [4.69, 9.17) is 4.74 Å². The molecule has 1 aliphatic carbocycles. The van der Waals surface area contributed by atoms with E-state index in [1.54, 1.807) is 6.92 Å². The summed E-state index contributed by atoms with van der Waals surface area (Å²) < 4.78 is 6.07. The van der Waals surface area contributed by atoms with Crippen LogP contribution in [0.5, 0.6) is 0 Å². The molecule has 2 N–H and O–H groups in total. The van der Waals surface area contributed by atoms with Gasteiger partial charge in [0.25, 0.3) is 0 Å². The average molecular weight is 295 g/mol. The summed E-state index contributed by atoms with van der Waals surface area (Å²) in [5, 5.41) is 20.2. The Morgan fingerprint density at radius 3 is 2.62 bits per heavy atom. The maximum Gasteiger partial charge on any atom is 0.160 e. The molecular formula is C17H29NO3. The molecule has 0 aromatic heterocycles. The maximum absolute atomic E-state index is 10.3. The van der Waals surface area contributed by atoms with Gasteiger partial charge in [-0.15, -0.1) is 0 Å². The van der Waals surface area contributed by atoms with Crippen molar-refractivity contribution in [2.75, 3.05) is 13.1 Å². The van der Waals surface area contributed by atoms with Gasteiger partial charge in [0.1, 0.15) is 0 Å². The van der Waals surface area contributed by atoms with Gasteiger partial charge >= 0.3 is 0 Å². The predicted octanol–water partition coefficient (Wildman–Crippen LogP) is 1.60. The lowest BCUT2D eigenvalue weighted by molar-refractivity contribution is -0.264. The zero-order valence-corrected chi connectivity index (χ0v) is 13.0. The Labute approximate surface area is 127 Å². The Balaban J connectivity index is 1.58. The van der Waals surface area contributed by atoms with E-state index < -0.39 is 12.4 Å². The quantitative estimate of drug-likeness (QED) is 0.771. The Bertz CT molecular complexity index is 386. The summed E-state index contributed by atoms with van der Waals surface area (Å²) >= 11 is 0. The zero-order valence-electron chi connectivity index (χ0n) is 13.0. The summed E-state index contributed by atoms with van der Waals surface area (Å²) in [6.07, 6.45) is 6.37. The van der Waals surface area contributed by atoms with Crippen molar-refractivity contribution in [2.45, 2.75) is 70.0 Å². The summed E-state index contributed by atoms with van der Waals surface area (Å²) in [7, 11) is 0. The second-order valence-electron chi connectivity index (χ2n) is 7.86. The highest BCUT2D eigenvalue weighted by molar-refractivity contribution is 5.03. The lowest BCUT2D eigenvalue weighted by atomic mass is 9.61. The number of fused-ring (bicyclic) bond motifs is 2. The fourth-order valence-corrected chi connectivity index (χ4v) is 5.85. The van der Waals surface area contributed by atoms with Crippen molar-refractivity contribution in [1.82, 2.24) is 4.90 Å². The first-order chi connectivity index (χ1) is 10.1. The molecule has 4 nitrogen and oxygen atoms in total. The van der Waals surface area contributed by atoms with Crippen LogP contribution in [0, 0.1) is 23.7 Å². The number of aliphatic hydroxyl groups excluding tert-OH is 2. The van der Waals surface area contributed by atoms with Crippen molar-refractivity contribution in [3.05, 3.63) is 0 Å². The van der Waals surface area contributed by atoms with Crippen LogP contribution in [0.1, 0.15) is 45.4 Å². The third kappa shape index (κ3) is 2.35. The highest BCUT2D eigenvalue weighted by Crippen LogP contribution is 2.50. The normalized spacial score (nSPS) is 51.9. The Morgan fingerprint density at radius 2 is 1.86 bits per heavy atom. The first-order valence-electron chi connectivity index (χ1n) is 8.91. The molecule has 0 radical (unpaired) electrons.